The number of hydrogen-bond acceptors (Lipinski definition) is 2. The van der Waals surface area contributed by atoms with E-state index in [1.54, 1.807) is 18.2 Å². The van der Waals surface area contributed by atoms with E-state index in [4.69, 9.17) is 17.3 Å². The molecule has 0 fully saturated rings. The van der Waals surface area contributed by atoms with Crippen molar-refractivity contribution >= 4 is 34.5 Å². The normalized spacial score (nSPS) is 15.8. The Morgan fingerprint density at radius 2 is 1.85 bits per heavy atom. The van der Waals surface area contributed by atoms with Gasteiger partial charge < -0.3 is 11.1 Å². The lowest BCUT2D eigenvalue weighted by Gasteiger charge is -2.06. The van der Waals surface area contributed by atoms with Gasteiger partial charge in [0.2, 0.25) is 0 Å². The third-order valence-corrected chi connectivity index (χ3v) is 3.39. The number of amides is 1. The Morgan fingerprint density at radius 1 is 1.15 bits per heavy atom. The van der Waals surface area contributed by atoms with Gasteiger partial charge in [-0.25, -0.2) is 4.39 Å². The van der Waals surface area contributed by atoms with Crippen molar-refractivity contribution in [1.82, 2.24) is 0 Å². The van der Waals surface area contributed by atoms with Gasteiger partial charge in [0.1, 0.15) is 5.82 Å². The Bertz CT molecular complexity index is 738. The van der Waals surface area contributed by atoms with E-state index in [9.17, 15) is 9.18 Å². The standard InChI is InChI=1S/C15H10ClFN2O/c16-9-3-6-12-11(7-9)13(15(20)19-12)14(18)8-1-4-10(17)5-2-8/h1-7H,18H2,(H,19,20)/b14-13+. The number of carbonyl (C=O) groups is 1. The van der Waals surface area contributed by atoms with Gasteiger partial charge in [-0.15, -0.1) is 0 Å². The van der Waals surface area contributed by atoms with Crippen molar-refractivity contribution < 1.29 is 9.18 Å². The molecule has 0 spiro atoms. The second-order valence-electron chi connectivity index (χ2n) is 4.44. The van der Waals surface area contributed by atoms with Gasteiger partial charge in [0.05, 0.1) is 11.3 Å². The molecule has 3 nitrogen and oxygen atoms in total. The molecule has 0 atom stereocenters. The molecule has 2 aromatic carbocycles. The molecule has 1 aliphatic rings. The van der Waals surface area contributed by atoms with Crippen molar-refractivity contribution in [3.8, 4) is 0 Å². The van der Waals surface area contributed by atoms with E-state index in [0.29, 0.717) is 33.1 Å². The average Bonchev–Trinajstić information content (AvgIpc) is 2.74. The van der Waals surface area contributed by atoms with Gasteiger partial charge in [0.15, 0.2) is 0 Å². The lowest BCUT2D eigenvalue weighted by Crippen LogP contribution is -2.09. The Hall–Kier alpha value is -2.33. The summed E-state index contributed by atoms with van der Waals surface area (Å²) in [6.45, 7) is 0. The molecule has 0 radical (unpaired) electrons. The van der Waals surface area contributed by atoms with Crippen molar-refractivity contribution in [1.29, 1.82) is 0 Å². The Kier molecular flexibility index (Phi) is 2.95. The summed E-state index contributed by atoms with van der Waals surface area (Å²) in [6, 6.07) is 10.8. The second-order valence-corrected chi connectivity index (χ2v) is 4.88. The second kappa shape index (κ2) is 4.65. The number of nitrogens with two attached hydrogens (primary N) is 1. The monoisotopic (exact) mass is 288 g/mol. The minimum Gasteiger partial charge on any atom is -0.398 e. The van der Waals surface area contributed by atoms with Crippen LogP contribution < -0.4 is 11.1 Å². The van der Waals surface area contributed by atoms with Crippen molar-refractivity contribution in [3.05, 3.63) is 64.4 Å². The highest BCUT2D eigenvalue weighted by molar-refractivity contribution is 6.38. The van der Waals surface area contributed by atoms with Crippen LogP contribution in [0.5, 0.6) is 0 Å². The summed E-state index contributed by atoms with van der Waals surface area (Å²) < 4.78 is 12.9. The van der Waals surface area contributed by atoms with Crippen LogP contribution in [0.2, 0.25) is 5.02 Å². The predicted molar refractivity (Wildman–Crippen MR) is 77.5 cm³/mol. The predicted octanol–water partition coefficient (Wildman–Crippen LogP) is 3.26. The molecule has 0 bridgehead atoms. The highest BCUT2D eigenvalue weighted by atomic mass is 35.5. The van der Waals surface area contributed by atoms with E-state index < -0.39 is 0 Å². The molecule has 1 amide bonds. The third-order valence-electron chi connectivity index (χ3n) is 3.15. The molecule has 100 valence electrons. The fraction of sp³-hybridized carbons (Fsp3) is 0. The molecule has 0 saturated carbocycles. The Morgan fingerprint density at radius 3 is 2.55 bits per heavy atom. The quantitative estimate of drug-likeness (QED) is 0.791. The van der Waals surface area contributed by atoms with E-state index in [1.165, 1.54) is 24.3 Å². The Labute approximate surface area is 119 Å². The first-order valence-corrected chi connectivity index (χ1v) is 6.31. The number of benzene rings is 2. The summed E-state index contributed by atoms with van der Waals surface area (Å²) in [4.78, 5) is 12.1. The molecule has 1 heterocycles. The average molecular weight is 289 g/mol. The number of halogens is 2. The molecule has 0 unspecified atom stereocenters. The van der Waals surface area contributed by atoms with Gasteiger partial charge >= 0.3 is 0 Å². The van der Waals surface area contributed by atoms with Crippen LogP contribution in [-0.2, 0) is 4.79 Å². The van der Waals surface area contributed by atoms with Crippen LogP contribution in [0.25, 0.3) is 11.3 Å². The number of nitrogens with one attached hydrogen (secondary N) is 1. The van der Waals surface area contributed by atoms with Crippen molar-refractivity contribution in [2.75, 3.05) is 5.32 Å². The van der Waals surface area contributed by atoms with Gasteiger partial charge in [0.25, 0.3) is 5.91 Å². The van der Waals surface area contributed by atoms with Gasteiger partial charge in [-0.1, -0.05) is 11.6 Å². The van der Waals surface area contributed by atoms with Crippen molar-refractivity contribution in [2.24, 2.45) is 5.73 Å². The van der Waals surface area contributed by atoms with Crippen molar-refractivity contribution in [2.45, 2.75) is 0 Å². The first-order valence-electron chi connectivity index (χ1n) is 5.93. The van der Waals surface area contributed by atoms with Gasteiger partial charge in [-0.3, -0.25) is 4.79 Å². The maximum Gasteiger partial charge on any atom is 0.258 e. The molecule has 3 rings (SSSR count). The topological polar surface area (TPSA) is 55.1 Å². The zero-order chi connectivity index (χ0) is 14.3. The maximum atomic E-state index is 12.9. The third kappa shape index (κ3) is 2.04. The summed E-state index contributed by atoms with van der Waals surface area (Å²) in [6.07, 6.45) is 0. The van der Waals surface area contributed by atoms with Gasteiger partial charge in [-0.2, -0.15) is 0 Å². The SMILES string of the molecule is N/C(=C1/C(=O)Nc2ccc(Cl)cc21)c1ccc(F)cc1. The molecule has 1 aliphatic heterocycles. The molecule has 3 N–H and O–H groups in total. The summed E-state index contributed by atoms with van der Waals surface area (Å²) in [5.74, 6) is -0.644. The van der Waals surface area contributed by atoms with E-state index in [-0.39, 0.29) is 11.7 Å². The number of hydrogen-bond donors (Lipinski definition) is 2. The Balaban J connectivity index is 2.18. The number of fused-ring (bicyclic) bond motifs is 1. The summed E-state index contributed by atoms with van der Waals surface area (Å²) in [5, 5.41) is 3.25. The fourth-order valence-corrected chi connectivity index (χ4v) is 2.35. The first-order chi connectivity index (χ1) is 9.56. The number of rotatable bonds is 1. The van der Waals surface area contributed by atoms with E-state index in [2.05, 4.69) is 5.32 Å². The van der Waals surface area contributed by atoms with Crippen molar-refractivity contribution in [3.63, 3.8) is 0 Å². The summed E-state index contributed by atoms with van der Waals surface area (Å²) >= 11 is 5.96. The zero-order valence-electron chi connectivity index (χ0n) is 10.3. The van der Waals surface area contributed by atoms with Crippen LogP contribution >= 0.6 is 11.6 Å². The summed E-state index contributed by atoms with van der Waals surface area (Å²) in [7, 11) is 0. The molecule has 20 heavy (non-hydrogen) atoms. The van der Waals surface area contributed by atoms with Crippen LogP contribution in [-0.4, -0.2) is 5.91 Å². The lowest BCUT2D eigenvalue weighted by atomic mass is 10.0. The zero-order valence-corrected chi connectivity index (χ0v) is 11.0. The van der Waals surface area contributed by atoms with E-state index in [0.717, 1.165) is 0 Å². The molecule has 5 heteroatoms. The maximum absolute atomic E-state index is 12.9. The first kappa shape index (κ1) is 12.7. The molecule has 2 aromatic rings. The molecular weight excluding hydrogens is 279 g/mol. The van der Waals surface area contributed by atoms with E-state index in [1.807, 2.05) is 0 Å². The summed E-state index contributed by atoms with van der Waals surface area (Å²) in [5.41, 5.74) is 8.62. The smallest absolute Gasteiger partial charge is 0.258 e. The van der Waals surface area contributed by atoms with Crippen LogP contribution in [0.15, 0.2) is 42.5 Å². The highest BCUT2D eigenvalue weighted by Gasteiger charge is 2.27. The van der Waals surface area contributed by atoms with Gasteiger partial charge in [-0.05, 0) is 48.0 Å². The minimum absolute atomic E-state index is 0.288. The van der Waals surface area contributed by atoms with Crippen LogP contribution in [0.4, 0.5) is 10.1 Å². The fourth-order valence-electron chi connectivity index (χ4n) is 2.18. The van der Waals surface area contributed by atoms with Crippen LogP contribution in [0, 0.1) is 5.82 Å². The number of anilines is 1. The molecule has 0 aromatic heterocycles. The van der Waals surface area contributed by atoms with Crippen LogP contribution in [0.1, 0.15) is 11.1 Å². The number of carbonyl (C=O) groups excluding carboxylic acids is 1. The minimum atomic E-state index is -0.356. The largest absolute Gasteiger partial charge is 0.398 e. The molecule has 0 aliphatic carbocycles. The molecular formula is C15H10ClFN2O. The van der Waals surface area contributed by atoms with Crippen LogP contribution in [0.3, 0.4) is 0 Å². The van der Waals surface area contributed by atoms with Gasteiger partial charge in [0, 0.05) is 16.3 Å². The van der Waals surface area contributed by atoms with E-state index >= 15 is 0 Å². The highest BCUT2D eigenvalue weighted by Crippen LogP contribution is 2.36. The molecule has 0 saturated heterocycles. The lowest BCUT2D eigenvalue weighted by molar-refractivity contribution is -0.110.